The number of hydrogen-bond acceptors (Lipinski definition) is 5. The quantitative estimate of drug-likeness (QED) is 0.184. The third-order valence-corrected chi connectivity index (χ3v) is 10.2. The number of nitrogens with zero attached hydrogens (tertiary/aromatic N) is 3. The zero-order valence-electron chi connectivity index (χ0n) is 22.6. The highest BCUT2D eigenvalue weighted by molar-refractivity contribution is 7.06. The number of benzene rings is 3. The molecular formula is C32H26Cl3N3O3S. The van der Waals surface area contributed by atoms with E-state index in [1.54, 1.807) is 6.20 Å². The Morgan fingerprint density at radius 1 is 1.02 bits per heavy atom. The zero-order chi connectivity index (χ0) is 29.1. The van der Waals surface area contributed by atoms with Gasteiger partial charge in [-0.2, -0.15) is 4.37 Å². The lowest BCUT2D eigenvalue weighted by atomic mass is 9.90. The standard InChI is InChI=1S/C32H26Cl3N3O3S/c1-37-15-23(32(39)40)22-11-19(7-10-28(22)37)38-13-18(14-38)21-9-8-20(12-27(21)35)41-16-24-30(36-42-31(24)17-5-6-17)29-25(33)3-2-4-26(29)34/h2-4,7-12,15,17-18H,5-6,13-14,16H2,1H3,(H,39,40). The molecule has 2 aromatic heterocycles. The Labute approximate surface area is 262 Å². The minimum atomic E-state index is -0.920. The molecule has 2 aliphatic rings. The van der Waals surface area contributed by atoms with Crippen molar-refractivity contribution in [2.45, 2.75) is 31.3 Å². The van der Waals surface area contributed by atoms with Crippen LogP contribution in [0.2, 0.25) is 15.1 Å². The molecule has 2 fully saturated rings. The Bertz CT molecular complexity index is 1840. The maximum Gasteiger partial charge on any atom is 0.337 e. The normalized spacial score (nSPS) is 15.3. The second-order valence-corrected chi connectivity index (χ2v) is 13.0. The predicted molar refractivity (Wildman–Crippen MR) is 170 cm³/mol. The molecule has 6 nitrogen and oxygen atoms in total. The first-order valence-electron chi connectivity index (χ1n) is 13.7. The van der Waals surface area contributed by atoms with Gasteiger partial charge in [0.25, 0.3) is 0 Å². The van der Waals surface area contributed by atoms with Gasteiger partial charge in [-0.1, -0.05) is 46.9 Å². The van der Waals surface area contributed by atoms with E-state index < -0.39 is 5.97 Å². The van der Waals surface area contributed by atoms with Gasteiger partial charge in [0.15, 0.2) is 0 Å². The monoisotopic (exact) mass is 637 g/mol. The van der Waals surface area contributed by atoms with Crippen LogP contribution in [0.4, 0.5) is 5.69 Å². The fourth-order valence-electron chi connectivity index (χ4n) is 5.77. The molecule has 0 bridgehead atoms. The van der Waals surface area contributed by atoms with Gasteiger partial charge >= 0.3 is 5.97 Å². The van der Waals surface area contributed by atoms with Gasteiger partial charge in [-0.05, 0) is 78.3 Å². The van der Waals surface area contributed by atoms with Gasteiger partial charge in [-0.3, -0.25) is 0 Å². The average Bonchev–Trinajstić information content (AvgIpc) is 3.61. The zero-order valence-corrected chi connectivity index (χ0v) is 25.7. The first-order chi connectivity index (χ1) is 20.3. The van der Waals surface area contributed by atoms with E-state index in [4.69, 9.17) is 43.9 Å². The molecule has 0 amide bonds. The smallest absolute Gasteiger partial charge is 0.337 e. The van der Waals surface area contributed by atoms with E-state index in [9.17, 15) is 9.90 Å². The summed E-state index contributed by atoms with van der Waals surface area (Å²) in [6.07, 6.45) is 3.97. The van der Waals surface area contributed by atoms with Gasteiger partial charge in [0.05, 0.1) is 21.3 Å². The molecule has 1 saturated heterocycles. The highest BCUT2D eigenvalue weighted by atomic mass is 35.5. The summed E-state index contributed by atoms with van der Waals surface area (Å²) in [5.74, 6) is 0.562. The number of carbonyl (C=O) groups is 1. The van der Waals surface area contributed by atoms with Crippen molar-refractivity contribution in [2.24, 2.45) is 7.05 Å². The Morgan fingerprint density at radius 2 is 1.79 bits per heavy atom. The van der Waals surface area contributed by atoms with Gasteiger partial charge in [0.1, 0.15) is 12.4 Å². The second-order valence-electron chi connectivity index (χ2n) is 11.0. The fourth-order valence-corrected chi connectivity index (χ4v) is 7.71. The van der Waals surface area contributed by atoms with Crippen molar-refractivity contribution in [1.82, 2.24) is 8.94 Å². The molecule has 3 heterocycles. The van der Waals surface area contributed by atoms with Crippen LogP contribution in [0.5, 0.6) is 5.75 Å². The summed E-state index contributed by atoms with van der Waals surface area (Å²) in [5.41, 5.74) is 5.87. The summed E-state index contributed by atoms with van der Waals surface area (Å²) >= 11 is 21.4. The summed E-state index contributed by atoms with van der Waals surface area (Å²) in [6, 6.07) is 17.4. The molecule has 5 aromatic rings. The van der Waals surface area contributed by atoms with Crippen molar-refractivity contribution in [3.8, 4) is 17.0 Å². The third-order valence-electron chi connectivity index (χ3n) is 8.21. The SMILES string of the molecule is Cn1cc(C(=O)O)c2cc(N3CC(c4ccc(OCc5c(-c6c(Cl)cccc6Cl)nsc5C5CC5)cc4Cl)C3)ccc21. The summed E-state index contributed by atoms with van der Waals surface area (Å²) in [5, 5.41) is 12.2. The number of halogens is 3. The van der Waals surface area contributed by atoms with Crippen molar-refractivity contribution in [3.05, 3.63) is 97.4 Å². The van der Waals surface area contributed by atoms with Crippen molar-refractivity contribution >= 4 is 68.9 Å². The van der Waals surface area contributed by atoms with E-state index in [1.165, 1.54) is 16.4 Å². The molecule has 7 rings (SSSR count). The molecule has 1 N–H and O–H groups in total. The maximum absolute atomic E-state index is 11.7. The number of anilines is 1. The van der Waals surface area contributed by atoms with Gasteiger partial charge in [0.2, 0.25) is 0 Å². The van der Waals surface area contributed by atoms with Crippen LogP contribution >= 0.6 is 46.3 Å². The molecule has 1 aliphatic heterocycles. The van der Waals surface area contributed by atoms with Gasteiger partial charge in [0, 0.05) is 69.9 Å². The predicted octanol–water partition coefficient (Wildman–Crippen LogP) is 9.02. The van der Waals surface area contributed by atoms with Crippen LogP contribution in [0, 0.1) is 0 Å². The molecule has 1 saturated carbocycles. The van der Waals surface area contributed by atoms with Gasteiger partial charge in [-0.15, -0.1) is 0 Å². The van der Waals surface area contributed by atoms with E-state index in [2.05, 4.69) is 4.90 Å². The molecule has 0 atom stereocenters. The van der Waals surface area contributed by atoms with Crippen LogP contribution in [0.3, 0.4) is 0 Å². The Morgan fingerprint density at radius 3 is 2.48 bits per heavy atom. The van der Waals surface area contributed by atoms with Crippen molar-refractivity contribution < 1.29 is 14.6 Å². The van der Waals surface area contributed by atoms with Crippen LogP contribution in [0.15, 0.2) is 60.8 Å². The topological polar surface area (TPSA) is 67.6 Å². The number of aromatic carboxylic acids is 1. The van der Waals surface area contributed by atoms with Gasteiger partial charge in [-0.25, -0.2) is 4.79 Å². The molecule has 214 valence electrons. The van der Waals surface area contributed by atoms with Crippen LogP contribution in [-0.4, -0.2) is 33.1 Å². The first-order valence-corrected chi connectivity index (χ1v) is 15.6. The number of aromatic nitrogens is 2. The van der Waals surface area contributed by atoms with Crippen LogP contribution < -0.4 is 9.64 Å². The molecule has 3 aromatic carbocycles. The van der Waals surface area contributed by atoms with E-state index >= 15 is 0 Å². The summed E-state index contributed by atoms with van der Waals surface area (Å²) in [4.78, 5) is 15.2. The molecule has 1 aliphatic carbocycles. The first kappa shape index (κ1) is 27.6. The van der Waals surface area contributed by atoms with Crippen molar-refractivity contribution in [1.29, 1.82) is 0 Å². The largest absolute Gasteiger partial charge is 0.489 e. The lowest BCUT2D eigenvalue weighted by molar-refractivity contribution is 0.0699. The maximum atomic E-state index is 11.7. The lowest BCUT2D eigenvalue weighted by Crippen LogP contribution is -2.45. The number of ether oxygens (including phenoxy) is 1. The Balaban J connectivity index is 1.06. The molecule has 0 radical (unpaired) electrons. The number of carboxylic acid groups (broad SMARTS) is 1. The molecule has 10 heteroatoms. The summed E-state index contributed by atoms with van der Waals surface area (Å²) in [6.45, 7) is 1.95. The van der Waals surface area contributed by atoms with Gasteiger partial charge < -0.3 is 19.3 Å². The number of rotatable bonds is 8. The van der Waals surface area contributed by atoms with Crippen molar-refractivity contribution in [3.63, 3.8) is 0 Å². The van der Waals surface area contributed by atoms with Crippen molar-refractivity contribution in [2.75, 3.05) is 18.0 Å². The highest BCUT2D eigenvalue weighted by Crippen LogP contribution is 2.48. The summed E-state index contributed by atoms with van der Waals surface area (Å²) in [7, 11) is 1.86. The van der Waals surface area contributed by atoms with E-state index in [-0.39, 0.29) is 5.92 Å². The third kappa shape index (κ3) is 4.92. The minimum absolute atomic E-state index is 0.272. The lowest BCUT2D eigenvalue weighted by Gasteiger charge is -2.41. The molecule has 0 unspecified atom stereocenters. The van der Waals surface area contributed by atoms with Crippen LogP contribution in [0.25, 0.3) is 22.2 Å². The number of fused-ring (bicyclic) bond motifs is 1. The van der Waals surface area contributed by atoms with Crippen LogP contribution in [-0.2, 0) is 13.7 Å². The average molecular weight is 639 g/mol. The minimum Gasteiger partial charge on any atom is -0.489 e. The Kier molecular flexibility index (Phi) is 7.09. The number of carboxylic acids is 1. The highest BCUT2D eigenvalue weighted by Gasteiger charge is 2.32. The number of aryl methyl sites for hydroxylation is 1. The van der Waals surface area contributed by atoms with Crippen LogP contribution in [0.1, 0.15) is 51.0 Å². The molecular weight excluding hydrogens is 613 g/mol. The number of hydrogen-bond donors (Lipinski definition) is 1. The van der Waals surface area contributed by atoms with E-state index in [0.29, 0.717) is 38.9 Å². The molecule has 0 spiro atoms. The van der Waals surface area contributed by atoms with E-state index in [1.807, 2.05) is 66.2 Å². The summed E-state index contributed by atoms with van der Waals surface area (Å²) < 4.78 is 12.9. The van der Waals surface area contributed by atoms with E-state index in [0.717, 1.165) is 64.9 Å². The molecule has 42 heavy (non-hydrogen) atoms. The Hall–Kier alpha value is -3.23. The second kappa shape index (κ2) is 10.8. The fraction of sp³-hybridized carbons (Fsp3) is 0.250.